The molecule has 130 valence electrons. The van der Waals surface area contributed by atoms with E-state index < -0.39 is 0 Å². The van der Waals surface area contributed by atoms with E-state index in [4.69, 9.17) is 14.2 Å². The van der Waals surface area contributed by atoms with Gasteiger partial charge in [-0.05, 0) is 18.2 Å². The molecule has 0 saturated carbocycles. The van der Waals surface area contributed by atoms with Crippen LogP contribution in [0.3, 0.4) is 0 Å². The number of nitrogens with one attached hydrogen (secondary N) is 1. The average molecular weight is 339 g/mol. The molecule has 5 nitrogen and oxygen atoms in total. The third-order valence-corrected chi connectivity index (χ3v) is 4.12. The molecule has 25 heavy (non-hydrogen) atoms. The van der Waals surface area contributed by atoms with Crippen LogP contribution in [-0.4, -0.2) is 26.7 Å². The van der Waals surface area contributed by atoms with Gasteiger partial charge in [0.1, 0.15) is 5.75 Å². The number of hydrogen-bond donors (Lipinski definition) is 1. The second kappa shape index (κ2) is 7.75. The van der Waals surface area contributed by atoms with Crippen LogP contribution in [0.2, 0.25) is 0 Å². The number of fused-ring (bicyclic) bond motifs is 1. The molecule has 1 heterocycles. The van der Waals surface area contributed by atoms with Crippen LogP contribution in [0.5, 0.6) is 17.2 Å². The monoisotopic (exact) mass is 339 g/mol. The first-order chi connectivity index (χ1) is 12.2. The van der Waals surface area contributed by atoms with Crippen molar-refractivity contribution in [1.82, 2.24) is 5.32 Å². The van der Waals surface area contributed by atoms with Crippen LogP contribution in [0.1, 0.15) is 23.6 Å². The smallest absolute Gasteiger partial charge is 0.244 e. The number of methoxy groups -OCH3 is 2. The minimum Gasteiger partial charge on any atom is -0.493 e. The summed E-state index contributed by atoms with van der Waals surface area (Å²) in [6.07, 6.45) is 3.98. The molecule has 0 aromatic heterocycles. The predicted octanol–water partition coefficient (Wildman–Crippen LogP) is 3.36. The van der Waals surface area contributed by atoms with Gasteiger partial charge in [-0.25, -0.2) is 0 Å². The van der Waals surface area contributed by atoms with Gasteiger partial charge in [-0.2, -0.15) is 0 Å². The molecule has 1 N–H and O–H groups in total. The summed E-state index contributed by atoms with van der Waals surface area (Å²) in [6, 6.07) is 13.3. The molecule has 2 aromatic rings. The molecule has 0 unspecified atom stereocenters. The summed E-state index contributed by atoms with van der Waals surface area (Å²) < 4.78 is 16.3. The molecule has 0 bridgehead atoms. The van der Waals surface area contributed by atoms with Gasteiger partial charge in [0, 0.05) is 23.6 Å². The number of benzene rings is 2. The first-order valence-corrected chi connectivity index (χ1v) is 8.14. The molecule has 0 spiro atoms. The van der Waals surface area contributed by atoms with E-state index in [1.54, 1.807) is 20.3 Å². The zero-order valence-corrected chi connectivity index (χ0v) is 14.3. The molecule has 1 aliphatic rings. The number of carbonyl (C=O) groups is 1. The number of para-hydroxylation sites is 2. The lowest BCUT2D eigenvalue weighted by molar-refractivity contribution is -0.117. The fraction of sp³-hybridized carbons (Fsp3) is 0.250. The first kappa shape index (κ1) is 16.9. The summed E-state index contributed by atoms with van der Waals surface area (Å²) in [5.74, 6) is 1.90. The highest BCUT2D eigenvalue weighted by atomic mass is 16.5. The van der Waals surface area contributed by atoms with E-state index in [1.807, 2.05) is 42.5 Å². The Morgan fingerprint density at radius 1 is 1.16 bits per heavy atom. The van der Waals surface area contributed by atoms with Crippen molar-refractivity contribution in [3.63, 3.8) is 0 Å². The molecule has 0 fully saturated rings. The summed E-state index contributed by atoms with van der Waals surface area (Å²) in [4.78, 5) is 12.3. The van der Waals surface area contributed by atoms with E-state index in [-0.39, 0.29) is 11.9 Å². The largest absolute Gasteiger partial charge is 0.493 e. The van der Waals surface area contributed by atoms with Crippen molar-refractivity contribution in [3.8, 4) is 17.2 Å². The first-order valence-electron chi connectivity index (χ1n) is 8.14. The Morgan fingerprint density at radius 2 is 2.00 bits per heavy atom. The molecule has 1 amide bonds. The van der Waals surface area contributed by atoms with E-state index in [1.165, 1.54) is 6.08 Å². The third-order valence-electron chi connectivity index (χ3n) is 4.12. The molecule has 1 aliphatic heterocycles. The standard InChI is InChI=1S/C20H21NO4/c1-23-18-9-5-6-14(20(18)24-2)10-11-19(22)21-16-12-13-25-17-8-4-3-7-15(16)17/h3-11,16H,12-13H2,1-2H3,(H,21,22)/b11-10+/t16-/m0/s1. The minimum absolute atomic E-state index is 0.0469. The molecule has 0 radical (unpaired) electrons. The van der Waals surface area contributed by atoms with Crippen molar-refractivity contribution >= 4 is 12.0 Å². The molecule has 0 saturated heterocycles. The van der Waals surface area contributed by atoms with Gasteiger partial charge in [0.05, 0.1) is 26.9 Å². The van der Waals surface area contributed by atoms with Gasteiger partial charge in [0.15, 0.2) is 11.5 Å². The number of amides is 1. The predicted molar refractivity (Wildman–Crippen MR) is 96.0 cm³/mol. The van der Waals surface area contributed by atoms with Gasteiger partial charge >= 0.3 is 0 Å². The van der Waals surface area contributed by atoms with Crippen LogP contribution in [0, 0.1) is 0 Å². The summed E-state index contributed by atoms with van der Waals surface area (Å²) >= 11 is 0. The van der Waals surface area contributed by atoms with Gasteiger partial charge < -0.3 is 19.5 Å². The van der Waals surface area contributed by atoms with Gasteiger partial charge in [0.2, 0.25) is 5.91 Å². The summed E-state index contributed by atoms with van der Waals surface area (Å²) in [5.41, 5.74) is 1.79. The van der Waals surface area contributed by atoms with Crippen molar-refractivity contribution in [2.75, 3.05) is 20.8 Å². The Morgan fingerprint density at radius 3 is 2.80 bits per heavy atom. The molecule has 0 aliphatic carbocycles. The summed E-state index contributed by atoms with van der Waals surface area (Å²) in [5, 5.41) is 3.03. The Labute approximate surface area is 147 Å². The average Bonchev–Trinajstić information content (AvgIpc) is 2.66. The van der Waals surface area contributed by atoms with Gasteiger partial charge in [-0.15, -0.1) is 0 Å². The fourth-order valence-electron chi connectivity index (χ4n) is 2.92. The van der Waals surface area contributed by atoms with Crippen molar-refractivity contribution in [1.29, 1.82) is 0 Å². The van der Waals surface area contributed by atoms with Crippen LogP contribution in [0.25, 0.3) is 6.08 Å². The maximum atomic E-state index is 12.3. The Kier molecular flexibility index (Phi) is 5.23. The van der Waals surface area contributed by atoms with Crippen LogP contribution in [0.15, 0.2) is 48.5 Å². The van der Waals surface area contributed by atoms with E-state index >= 15 is 0 Å². The Hall–Kier alpha value is -2.95. The van der Waals surface area contributed by atoms with Crippen LogP contribution in [0.4, 0.5) is 0 Å². The third kappa shape index (κ3) is 3.76. The van der Waals surface area contributed by atoms with E-state index in [2.05, 4.69) is 5.32 Å². The van der Waals surface area contributed by atoms with Crippen molar-refractivity contribution in [2.45, 2.75) is 12.5 Å². The highest BCUT2D eigenvalue weighted by Gasteiger charge is 2.21. The maximum absolute atomic E-state index is 12.3. The number of hydrogen-bond acceptors (Lipinski definition) is 4. The van der Waals surface area contributed by atoms with E-state index in [0.29, 0.717) is 18.1 Å². The number of ether oxygens (including phenoxy) is 3. The van der Waals surface area contributed by atoms with E-state index in [0.717, 1.165) is 23.3 Å². The maximum Gasteiger partial charge on any atom is 0.244 e. The van der Waals surface area contributed by atoms with Gasteiger partial charge in [-0.3, -0.25) is 4.79 Å². The van der Waals surface area contributed by atoms with Gasteiger partial charge in [-0.1, -0.05) is 30.3 Å². The number of rotatable bonds is 5. The molecule has 3 rings (SSSR count). The zero-order valence-electron chi connectivity index (χ0n) is 14.3. The lowest BCUT2D eigenvalue weighted by Gasteiger charge is -2.26. The van der Waals surface area contributed by atoms with Gasteiger partial charge in [0.25, 0.3) is 0 Å². The normalized spacial score (nSPS) is 16.0. The van der Waals surface area contributed by atoms with Crippen LogP contribution in [-0.2, 0) is 4.79 Å². The minimum atomic E-state index is -0.161. The molecule has 5 heteroatoms. The van der Waals surface area contributed by atoms with Crippen LogP contribution < -0.4 is 19.5 Å². The SMILES string of the molecule is COc1cccc(/C=C/C(=O)N[C@H]2CCOc3ccccc32)c1OC. The second-order valence-corrected chi connectivity index (χ2v) is 5.65. The molecule has 1 atom stereocenters. The topological polar surface area (TPSA) is 56.8 Å². The fourth-order valence-corrected chi connectivity index (χ4v) is 2.92. The second-order valence-electron chi connectivity index (χ2n) is 5.65. The summed E-state index contributed by atoms with van der Waals surface area (Å²) in [6.45, 7) is 0.593. The van der Waals surface area contributed by atoms with Crippen molar-refractivity contribution in [2.24, 2.45) is 0 Å². The van der Waals surface area contributed by atoms with Crippen LogP contribution >= 0.6 is 0 Å². The molecule has 2 aromatic carbocycles. The Balaban J connectivity index is 1.73. The molecular formula is C20H21NO4. The lowest BCUT2D eigenvalue weighted by atomic mass is 10.0. The molecular weight excluding hydrogens is 318 g/mol. The quantitative estimate of drug-likeness (QED) is 0.849. The Bertz CT molecular complexity index is 785. The lowest BCUT2D eigenvalue weighted by Crippen LogP contribution is -2.30. The van der Waals surface area contributed by atoms with E-state index in [9.17, 15) is 4.79 Å². The van der Waals surface area contributed by atoms with Crippen molar-refractivity contribution in [3.05, 3.63) is 59.7 Å². The highest BCUT2D eigenvalue weighted by Crippen LogP contribution is 2.32. The highest BCUT2D eigenvalue weighted by molar-refractivity contribution is 5.92. The zero-order chi connectivity index (χ0) is 17.6. The summed E-state index contributed by atoms with van der Waals surface area (Å²) in [7, 11) is 3.16. The number of carbonyl (C=O) groups excluding carboxylic acids is 1. The van der Waals surface area contributed by atoms with Crippen molar-refractivity contribution < 1.29 is 19.0 Å².